The second-order valence-corrected chi connectivity index (χ2v) is 5.74. The van der Waals surface area contributed by atoms with E-state index in [4.69, 9.17) is 0 Å². The first-order valence-electron chi connectivity index (χ1n) is 7.65. The van der Waals surface area contributed by atoms with Gasteiger partial charge in [0, 0.05) is 25.2 Å². The largest absolute Gasteiger partial charge is 0.469 e. The van der Waals surface area contributed by atoms with Gasteiger partial charge in [0.15, 0.2) is 0 Å². The molecule has 1 saturated heterocycles. The Bertz CT molecular complexity index is 627. The van der Waals surface area contributed by atoms with E-state index < -0.39 is 0 Å². The number of nitrogens with zero attached hydrogens (tertiary/aromatic N) is 1. The highest BCUT2D eigenvalue weighted by molar-refractivity contribution is 6.00. The normalized spacial score (nSPS) is 17.3. The average molecular weight is 318 g/mol. The zero-order chi connectivity index (χ0) is 17.0. The first-order valence-corrected chi connectivity index (χ1v) is 7.65. The number of methoxy groups -OCH3 is 1. The molecule has 6 nitrogen and oxygen atoms in total. The van der Waals surface area contributed by atoms with Crippen molar-refractivity contribution in [2.45, 2.75) is 26.7 Å². The molecule has 1 aromatic carbocycles. The summed E-state index contributed by atoms with van der Waals surface area (Å²) in [5.41, 5.74) is 3.02. The molecular formula is C17H22N2O4. The van der Waals surface area contributed by atoms with E-state index in [1.54, 1.807) is 4.90 Å². The smallest absolute Gasteiger partial charge is 0.307 e. The number of anilines is 1. The third kappa shape index (κ3) is 3.88. The molecule has 124 valence electrons. The van der Waals surface area contributed by atoms with Gasteiger partial charge in [-0.25, -0.2) is 0 Å². The molecule has 1 heterocycles. The van der Waals surface area contributed by atoms with E-state index >= 15 is 0 Å². The van der Waals surface area contributed by atoms with Crippen molar-refractivity contribution in [3.63, 3.8) is 0 Å². The number of hydrogen-bond donors (Lipinski definition) is 1. The molecule has 2 amide bonds. The lowest BCUT2D eigenvalue weighted by molar-refractivity contribution is -0.140. The lowest BCUT2D eigenvalue weighted by Crippen LogP contribution is -2.34. The highest BCUT2D eigenvalue weighted by Crippen LogP contribution is 2.29. The number of amides is 2. The number of benzene rings is 1. The number of nitrogens with one attached hydrogen (secondary N) is 1. The van der Waals surface area contributed by atoms with Gasteiger partial charge in [-0.15, -0.1) is 0 Å². The van der Waals surface area contributed by atoms with Crippen molar-refractivity contribution in [1.29, 1.82) is 0 Å². The van der Waals surface area contributed by atoms with Crippen molar-refractivity contribution >= 4 is 23.5 Å². The summed E-state index contributed by atoms with van der Waals surface area (Å²) in [4.78, 5) is 37.1. The molecule has 1 fully saturated rings. The summed E-state index contributed by atoms with van der Waals surface area (Å²) in [5, 5.41) is 2.69. The van der Waals surface area contributed by atoms with Gasteiger partial charge in [0.25, 0.3) is 0 Å². The molecule has 0 aliphatic carbocycles. The van der Waals surface area contributed by atoms with E-state index in [-0.39, 0.29) is 43.1 Å². The Morgan fingerprint density at radius 2 is 2.09 bits per heavy atom. The topological polar surface area (TPSA) is 75.7 Å². The van der Waals surface area contributed by atoms with Crippen LogP contribution in [0.2, 0.25) is 0 Å². The molecule has 1 aliphatic rings. The maximum Gasteiger partial charge on any atom is 0.307 e. The van der Waals surface area contributed by atoms with Crippen LogP contribution >= 0.6 is 0 Å². The molecular weight excluding hydrogens is 296 g/mol. The summed E-state index contributed by atoms with van der Waals surface area (Å²) in [6, 6.07) is 5.81. The van der Waals surface area contributed by atoms with Gasteiger partial charge < -0.3 is 15.0 Å². The van der Waals surface area contributed by atoms with Crippen LogP contribution in [0.15, 0.2) is 18.2 Å². The molecule has 1 aromatic rings. The summed E-state index contributed by atoms with van der Waals surface area (Å²) in [7, 11) is 1.31. The highest BCUT2D eigenvalue weighted by Gasteiger charge is 2.35. The highest BCUT2D eigenvalue weighted by atomic mass is 16.5. The van der Waals surface area contributed by atoms with E-state index in [0.717, 1.165) is 16.8 Å². The van der Waals surface area contributed by atoms with Crippen LogP contribution < -0.4 is 10.2 Å². The van der Waals surface area contributed by atoms with E-state index in [9.17, 15) is 14.4 Å². The van der Waals surface area contributed by atoms with Gasteiger partial charge in [-0.2, -0.15) is 0 Å². The van der Waals surface area contributed by atoms with Crippen molar-refractivity contribution in [1.82, 2.24) is 5.32 Å². The summed E-state index contributed by atoms with van der Waals surface area (Å²) in [6.45, 7) is 4.56. The maximum absolute atomic E-state index is 12.3. The van der Waals surface area contributed by atoms with Crippen LogP contribution in [0.3, 0.4) is 0 Å². The minimum atomic E-state index is -0.389. The summed E-state index contributed by atoms with van der Waals surface area (Å²) >= 11 is 0. The standard InChI is InChI=1S/C17H22N2O4/c1-11-5-4-6-14(12(11)2)19-10-13(9-15(19)20)17(22)18-8-7-16(21)23-3/h4-6,13H,7-10H2,1-3H3,(H,18,22). The van der Waals surface area contributed by atoms with Gasteiger partial charge in [-0.3, -0.25) is 14.4 Å². The molecule has 23 heavy (non-hydrogen) atoms. The SMILES string of the molecule is COC(=O)CCNC(=O)C1CC(=O)N(c2cccc(C)c2C)C1. The van der Waals surface area contributed by atoms with Crippen molar-refractivity contribution in [3.8, 4) is 0 Å². The quantitative estimate of drug-likeness (QED) is 0.831. The number of aryl methyl sites for hydroxylation is 1. The summed E-state index contributed by atoms with van der Waals surface area (Å²) in [6.07, 6.45) is 0.320. The van der Waals surface area contributed by atoms with E-state index in [1.807, 2.05) is 32.0 Å². The van der Waals surface area contributed by atoms with Gasteiger partial charge in [0.1, 0.15) is 0 Å². The fourth-order valence-corrected chi connectivity index (χ4v) is 2.68. The number of ether oxygens (including phenoxy) is 1. The lowest BCUT2D eigenvalue weighted by Gasteiger charge is -2.20. The molecule has 1 unspecified atom stereocenters. The van der Waals surface area contributed by atoms with E-state index in [1.165, 1.54) is 7.11 Å². The minimum Gasteiger partial charge on any atom is -0.469 e. The number of esters is 1. The second-order valence-electron chi connectivity index (χ2n) is 5.74. The lowest BCUT2D eigenvalue weighted by atomic mass is 10.1. The molecule has 6 heteroatoms. The Morgan fingerprint density at radius 1 is 1.35 bits per heavy atom. The Balaban J connectivity index is 1.98. The number of hydrogen-bond acceptors (Lipinski definition) is 4. The summed E-state index contributed by atoms with van der Waals surface area (Å²) in [5.74, 6) is -1.01. The third-order valence-corrected chi connectivity index (χ3v) is 4.22. The van der Waals surface area contributed by atoms with Crippen LogP contribution in [-0.2, 0) is 19.1 Å². The fraction of sp³-hybridized carbons (Fsp3) is 0.471. The fourth-order valence-electron chi connectivity index (χ4n) is 2.68. The van der Waals surface area contributed by atoms with Crippen molar-refractivity contribution in [2.24, 2.45) is 5.92 Å². The molecule has 1 aliphatic heterocycles. The summed E-state index contributed by atoms with van der Waals surface area (Å²) < 4.78 is 4.52. The van der Waals surface area contributed by atoms with E-state index in [2.05, 4.69) is 10.1 Å². The van der Waals surface area contributed by atoms with Crippen molar-refractivity contribution < 1.29 is 19.1 Å². The molecule has 1 atom stereocenters. The van der Waals surface area contributed by atoms with Crippen LogP contribution in [0.25, 0.3) is 0 Å². The van der Waals surface area contributed by atoms with Crippen LogP contribution in [0.1, 0.15) is 24.0 Å². The van der Waals surface area contributed by atoms with Gasteiger partial charge >= 0.3 is 5.97 Å². The Labute approximate surface area is 135 Å². The number of carbonyl (C=O) groups is 3. The predicted octanol–water partition coefficient (Wildman–Crippen LogP) is 1.34. The zero-order valence-corrected chi connectivity index (χ0v) is 13.7. The molecule has 0 bridgehead atoms. The average Bonchev–Trinajstić information content (AvgIpc) is 2.91. The van der Waals surface area contributed by atoms with Gasteiger partial charge in [-0.05, 0) is 31.0 Å². The number of carbonyl (C=O) groups excluding carboxylic acids is 3. The molecule has 0 spiro atoms. The number of rotatable bonds is 5. The Kier molecular flexibility index (Phi) is 5.36. The Morgan fingerprint density at radius 3 is 2.78 bits per heavy atom. The first kappa shape index (κ1) is 17.0. The third-order valence-electron chi connectivity index (χ3n) is 4.22. The molecule has 0 saturated carbocycles. The molecule has 0 aromatic heterocycles. The zero-order valence-electron chi connectivity index (χ0n) is 13.7. The first-order chi connectivity index (χ1) is 10.9. The second kappa shape index (κ2) is 7.26. The van der Waals surface area contributed by atoms with Crippen LogP contribution in [0.5, 0.6) is 0 Å². The van der Waals surface area contributed by atoms with Gasteiger partial charge in [0.2, 0.25) is 11.8 Å². The van der Waals surface area contributed by atoms with Gasteiger partial charge in [0.05, 0.1) is 19.4 Å². The predicted molar refractivity (Wildman–Crippen MR) is 86.0 cm³/mol. The van der Waals surface area contributed by atoms with Crippen LogP contribution in [0.4, 0.5) is 5.69 Å². The van der Waals surface area contributed by atoms with Crippen LogP contribution in [-0.4, -0.2) is 38.0 Å². The van der Waals surface area contributed by atoms with Gasteiger partial charge in [-0.1, -0.05) is 12.1 Å². The van der Waals surface area contributed by atoms with E-state index in [0.29, 0.717) is 6.54 Å². The van der Waals surface area contributed by atoms with Crippen molar-refractivity contribution in [2.75, 3.05) is 25.1 Å². The molecule has 2 rings (SSSR count). The molecule has 0 radical (unpaired) electrons. The molecule has 1 N–H and O–H groups in total. The Hall–Kier alpha value is -2.37. The minimum absolute atomic E-state index is 0.0492. The monoisotopic (exact) mass is 318 g/mol. The maximum atomic E-state index is 12.3. The van der Waals surface area contributed by atoms with Crippen molar-refractivity contribution in [3.05, 3.63) is 29.3 Å². The van der Waals surface area contributed by atoms with Crippen LogP contribution in [0, 0.1) is 19.8 Å².